The second-order valence-corrected chi connectivity index (χ2v) is 17.2. The molecule has 4 aromatic rings. The number of hydrogen-bond acceptors (Lipinski definition) is 8. The third-order valence-corrected chi connectivity index (χ3v) is 13.1. The highest BCUT2D eigenvalue weighted by molar-refractivity contribution is 6.30. The number of aromatic nitrogens is 1. The molecule has 9 nitrogen and oxygen atoms in total. The van der Waals surface area contributed by atoms with Crippen LogP contribution in [0.3, 0.4) is 0 Å². The van der Waals surface area contributed by atoms with Crippen molar-refractivity contribution in [1.82, 2.24) is 9.88 Å². The summed E-state index contributed by atoms with van der Waals surface area (Å²) in [7, 11) is 2.09. The Hall–Kier alpha value is -4.21. The topological polar surface area (TPSA) is 106 Å². The number of nitrogens with zero attached hydrogens (tertiary/aromatic N) is 2. The predicted molar refractivity (Wildman–Crippen MR) is 214 cm³/mol. The molecule has 2 aromatic carbocycles. The van der Waals surface area contributed by atoms with E-state index in [1.54, 1.807) is 12.3 Å². The highest BCUT2D eigenvalue weighted by Gasteiger charge is 2.54. The van der Waals surface area contributed by atoms with Gasteiger partial charge in [-0.05, 0) is 148 Å². The zero-order valence-corrected chi connectivity index (χ0v) is 33.1. The van der Waals surface area contributed by atoms with Gasteiger partial charge in [-0.25, -0.2) is 4.79 Å². The lowest BCUT2D eigenvalue weighted by molar-refractivity contribution is -0.144. The zero-order chi connectivity index (χ0) is 38.2. The normalized spacial score (nSPS) is 26.2. The van der Waals surface area contributed by atoms with Crippen LogP contribution in [0.1, 0.15) is 99.3 Å². The number of benzene rings is 2. The van der Waals surface area contributed by atoms with E-state index in [1.165, 1.54) is 28.8 Å². The summed E-state index contributed by atoms with van der Waals surface area (Å²) < 4.78 is 25.4. The van der Waals surface area contributed by atoms with Gasteiger partial charge < -0.3 is 29.1 Å². The molecule has 55 heavy (non-hydrogen) atoms. The van der Waals surface area contributed by atoms with Gasteiger partial charge in [0.25, 0.3) is 0 Å². The molecule has 0 saturated heterocycles. The van der Waals surface area contributed by atoms with Crippen LogP contribution in [0.15, 0.2) is 71.5 Å². The van der Waals surface area contributed by atoms with Gasteiger partial charge in [-0.1, -0.05) is 31.5 Å². The number of likely N-dealkylation sites (N-methyl/N-ethyl adjacent to an activating group) is 1. The molecule has 3 heterocycles. The largest absolute Gasteiger partial charge is 0.493 e. The number of carboxylic acid groups (broad SMARTS) is 1. The lowest BCUT2D eigenvalue weighted by Crippen LogP contribution is -2.53. The highest BCUT2D eigenvalue weighted by atomic mass is 35.5. The number of pyridine rings is 1. The van der Waals surface area contributed by atoms with Crippen LogP contribution in [0.5, 0.6) is 17.2 Å². The summed E-state index contributed by atoms with van der Waals surface area (Å²) in [4.78, 5) is 20.0. The molecule has 2 aromatic heterocycles. The van der Waals surface area contributed by atoms with Crippen LogP contribution >= 0.6 is 11.6 Å². The Labute approximate surface area is 329 Å². The van der Waals surface area contributed by atoms with E-state index in [-0.39, 0.29) is 17.4 Å². The molecule has 1 fully saturated rings. The van der Waals surface area contributed by atoms with Crippen molar-refractivity contribution in [3.8, 4) is 17.2 Å². The summed E-state index contributed by atoms with van der Waals surface area (Å²) in [6, 6.07) is 17.8. The number of furan rings is 1. The van der Waals surface area contributed by atoms with E-state index < -0.39 is 11.5 Å². The Morgan fingerprint density at radius 1 is 1.11 bits per heavy atom. The van der Waals surface area contributed by atoms with Crippen LogP contribution in [0, 0.1) is 11.8 Å². The smallest absolute Gasteiger partial charge is 0.329 e. The number of aryl methyl sites for hydroxylation is 1. The molecule has 1 aliphatic heterocycles. The molecule has 1 spiro atoms. The summed E-state index contributed by atoms with van der Waals surface area (Å²) in [5, 5.41) is 14.7. The van der Waals surface area contributed by atoms with Crippen molar-refractivity contribution >= 4 is 23.3 Å². The van der Waals surface area contributed by atoms with Crippen molar-refractivity contribution in [3.05, 3.63) is 100 Å². The van der Waals surface area contributed by atoms with Crippen molar-refractivity contribution < 1.29 is 28.5 Å². The number of ether oxygens (including phenoxy) is 3. The fourth-order valence-corrected chi connectivity index (χ4v) is 10.3. The lowest BCUT2D eigenvalue weighted by atomic mass is 9.59. The molecule has 1 saturated carbocycles. The number of carboxylic acids is 1. The number of hydrogen-bond donors (Lipinski definition) is 2. The zero-order valence-electron chi connectivity index (χ0n) is 32.3. The summed E-state index contributed by atoms with van der Waals surface area (Å²) >= 11 is 6.33. The second-order valence-electron chi connectivity index (χ2n) is 16.8. The average molecular weight is 768 g/mol. The van der Waals surface area contributed by atoms with E-state index in [0.29, 0.717) is 49.5 Å². The third kappa shape index (κ3) is 7.79. The van der Waals surface area contributed by atoms with Gasteiger partial charge in [0.15, 0.2) is 11.5 Å². The average Bonchev–Trinajstić information content (AvgIpc) is 3.71. The Bertz CT molecular complexity index is 1970. The van der Waals surface area contributed by atoms with Gasteiger partial charge in [0.05, 0.1) is 26.0 Å². The number of rotatable bonds is 12. The monoisotopic (exact) mass is 767 g/mol. The number of nitrogens with one attached hydrogen (secondary N) is 1. The molecule has 0 bridgehead atoms. The second kappa shape index (κ2) is 15.7. The maximum Gasteiger partial charge on any atom is 0.329 e. The first-order chi connectivity index (χ1) is 26.6. The molecule has 8 rings (SSSR count). The fraction of sp³-hybridized carbons (Fsp3) is 0.511. The number of aliphatic carboxylic acids is 1. The summed E-state index contributed by atoms with van der Waals surface area (Å²) in [6.07, 6.45) is 12.0. The first kappa shape index (κ1) is 37.7. The van der Waals surface area contributed by atoms with Gasteiger partial charge in [-0.2, -0.15) is 0 Å². The van der Waals surface area contributed by atoms with Crippen molar-refractivity contribution in [2.75, 3.05) is 32.1 Å². The molecule has 2 unspecified atom stereocenters. The molecule has 3 aliphatic carbocycles. The Kier molecular flexibility index (Phi) is 10.8. The van der Waals surface area contributed by atoms with Crippen LogP contribution in [0.25, 0.3) is 0 Å². The molecule has 10 heteroatoms. The minimum Gasteiger partial charge on any atom is -0.493 e. The van der Waals surface area contributed by atoms with Gasteiger partial charge in [0.2, 0.25) is 0 Å². The van der Waals surface area contributed by atoms with Gasteiger partial charge >= 0.3 is 5.97 Å². The molecule has 4 aliphatic rings. The molecule has 292 valence electrons. The first-order valence-corrected chi connectivity index (χ1v) is 20.5. The number of halogens is 1. The van der Waals surface area contributed by atoms with Crippen LogP contribution < -0.4 is 19.5 Å². The van der Waals surface area contributed by atoms with E-state index in [1.807, 2.05) is 42.6 Å². The SMILES string of the molecule is C[C@@H](COc1ccnc2c1[C@H](C)CCC2)CC1Cc2cc3c(cc2C12CCC(Nc1cccc(Cl)c1)(C(=O)O)CC2)OC(CN(C)Cc1ccco1)CCO3. The van der Waals surface area contributed by atoms with Crippen LogP contribution in [-0.2, 0) is 29.6 Å². The van der Waals surface area contributed by atoms with Gasteiger partial charge in [-0.3, -0.25) is 9.88 Å². The van der Waals surface area contributed by atoms with E-state index in [4.69, 9.17) is 30.2 Å². The van der Waals surface area contributed by atoms with Crippen LogP contribution in [0.2, 0.25) is 5.02 Å². The molecular formula is C45H54ClN3O6. The number of fused-ring (bicyclic) bond motifs is 4. The van der Waals surface area contributed by atoms with Crippen LogP contribution in [0.4, 0.5) is 5.69 Å². The minimum atomic E-state index is -1.09. The Morgan fingerprint density at radius 2 is 1.96 bits per heavy atom. The summed E-state index contributed by atoms with van der Waals surface area (Å²) in [6.45, 7) is 7.23. The molecule has 2 N–H and O–H groups in total. The van der Waals surface area contributed by atoms with Gasteiger partial charge in [0, 0.05) is 41.1 Å². The minimum absolute atomic E-state index is 0.0425. The molecule has 0 amide bonds. The molecule has 0 radical (unpaired) electrons. The van der Waals surface area contributed by atoms with E-state index >= 15 is 0 Å². The molecular weight excluding hydrogens is 714 g/mol. The number of anilines is 1. The van der Waals surface area contributed by atoms with E-state index in [0.717, 1.165) is 80.2 Å². The van der Waals surface area contributed by atoms with Crippen molar-refractivity contribution in [2.45, 2.75) is 108 Å². The molecule has 4 atom stereocenters. The maximum atomic E-state index is 13.1. The lowest BCUT2D eigenvalue weighted by Gasteiger charge is -2.47. The summed E-state index contributed by atoms with van der Waals surface area (Å²) in [5.74, 6) is 3.71. The van der Waals surface area contributed by atoms with Gasteiger partial charge in [-0.15, -0.1) is 0 Å². The maximum absolute atomic E-state index is 13.1. The van der Waals surface area contributed by atoms with Crippen molar-refractivity contribution in [2.24, 2.45) is 11.8 Å². The van der Waals surface area contributed by atoms with Gasteiger partial charge in [0.1, 0.15) is 23.2 Å². The highest BCUT2D eigenvalue weighted by Crippen LogP contribution is 2.58. The Morgan fingerprint density at radius 3 is 2.75 bits per heavy atom. The predicted octanol–water partition coefficient (Wildman–Crippen LogP) is 9.45. The fourth-order valence-electron chi connectivity index (χ4n) is 10.1. The van der Waals surface area contributed by atoms with Crippen LogP contribution in [-0.4, -0.2) is 59.4 Å². The summed E-state index contributed by atoms with van der Waals surface area (Å²) in [5.41, 5.74) is 4.46. The Balaban J connectivity index is 1.05. The van der Waals surface area contributed by atoms with E-state index in [2.05, 4.69) is 48.2 Å². The quantitative estimate of drug-likeness (QED) is 0.146. The number of carbonyl (C=O) groups is 1. The standard InChI is InChI=1S/C45H54ClN3O6/c1-29(28-54-39-12-18-47-38-11-4-7-30(2)42(38)39)21-32-22-31-23-40-41(55-36(13-20-53-40)27-49(3)26-35-10-6-19-52-35)25-37(31)44(32)14-16-45(17-15-44,43(50)51)48-34-9-5-8-33(46)24-34/h5-6,8-10,12,18-19,23-25,29-30,32,36,48H,4,7,11,13-17,20-22,26-28H2,1-3H3,(H,50,51)/t29-,30-,32?,36?,44?,45?/m1/s1. The van der Waals surface area contributed by atoms with Crippen molar-refractivity contribution in [3.63, 3.8) is 0 Å². The third-order valence-electron chi connectivity index (χ3n) is 12.9. The van der Waals surface area contributed by atoms with E-state index in [9.17, 15) is 9.90 Å². The first-order valence-electron chi connectivity index (χ1n) is 20.2. The van der Waals surface area contributed by atoms with Crippen molar-refractivity contribution in [1.29, 1.82) is 0 Å².